The minimum absolute atomic E-state index is 0.0566. The van der Waals surface area contributed by atoms with Crippen molar-refractivity contribution in [1.82, 2.24) is 19.7 Å². The Hall–Kier alpha value is -3.64. The van der Waals surface area contributed by atoms with E-state index in [4.69, 9.17) is 0 Å². The lowest BCUT2D eigenvalue weighted by molar-refractivity contribution is 0.102. The highest BCUT2D eigenvalue weighted by atomic mass is 32.2. The van der Waals surface area contributed by atoms with Crippen LogP contribution in [0.2, 0.25) is 0 Å². The van der Waals surface area contributed by atoms with Crippen LogP contribution < -0.4 is 0 Å². The second-order valence-electron chi connectivity index (χ2n) is 9.26. The first-order chi connectivity index (χ1) is 16.4. The molecule has 2 heterocycles. The van der Waals surface area contributed by atoms with E-state index in [2.05, 4.69) is 60.2 Å². The topological polar surface area (TPSA) is 63.6 Å². The summed E-state index contributed by atoms with van der Waals surface area (Å²) in [6, 6.07) is 26.4. The van der Waals surface area contributed by atoms with E-state index in [1.54, 1.807) is 6.20 Å². The van der Waals surface area contributed by atoms with Gasteiger partial charge in [-0.15, -0.1) is 10.2 Å². The summed E-state index contributed by atoms with van der Waals surface area (Å²) in [5, 5.41) is 10.6. The van der Waals surface area contributed by atoms with Gasteiger partial charge in [0, 0.05) is 33.9 Å². The summed E-state index contributed by atoms with van der Waals surface area (Å²) in [5.74, 6) is 1.09. The number of nitrogens with zero attached hydrogens (tertiary/aromatic N) is 3. The SMILES string of the molecule is CC(C)(C)c1ccc(-c2nnc(SCC(=O)c3c[nH]c4ccccc34)n2-c2ccccc2)cc1. The summed E-state index contributed by atoms with van der Waals surface area (Å²) in [6.07, 6.45) is 1.79. The van der Waals surface area contributed by atoms with Crippen molar-refractivity contribution in [2.75, 3.05) is 5.75 Å². The van der Waals surface area contributed by atoms with Crippen LogP contribution >= 0.6 is 11.8 Å². The van der Waals surface area contributed by atoms with Gasteiger partial charge in [0.2, 0.25) is 0 Å². The second-order valence-corrected chi connectivity index (χ2v) is 10.2. The molecule has 3 aromatic carbocycles. The van der Waals surface area contributed by atoms with E-state index in [-0.39, 0.29) is 17.0 Å². The van der Waals surface area contributed by atoms with Gasteiger partial charge in [0.25, 0.3) is 0 Å². The van der Waals surface area contributed by atoms with Crippen LogP contribution in [0, 0.1) is 0 Å². The fraction of sp³-hybridized carbons (Fsp3) is 0.179. The van der Waals surface area contributed by atoms with E-state index in [1.165, 1.54) is 17.3 Å². The van der Waals surface area contributed by atoms with Crippen molar-refractivity contribution in [3.63, 3.8) is 0 Å². The van der Waals surface area contributed by atoms with Gasteiger partial charge >= 0.3 is 0 Å². The highest BCUT2D eigenvalue weighted by Crippen LogP contribution is 2.31. The molecule has 0 fully saturated rings. The third-order valence-corrected chi connectivity index (χ3v) is 6.81. The Kier molecular flexibility index (Phi) is 5.84. The fourth-order valence-electron chi connectivity index (χ4n) is 3.99. The van der Waals surface area contributed by atoms with Gasteiger partial charge in [0.1, 0.15) is 0 Å². The number of hydrogen-bond donors (Lipinski definition) is 1. The Labute approximate surface area is 203 Å². The average molecular weight is 467 g/mol. The standard InChI is InChI=1S/C28H26N4OS/c1-28(2,3)20-15-13-19(14-16-20)26-30-31-27(32(26)21-9-5-4-6-10-21)34-18-25(33)23-17-29-24-12-8-7-11-22(23)24/h4-17,29H,18H2,1-3H3. The number of carbonyl (C=O) groups excluding carboxylic acids is 1. The fourth-order valence-corrected chi connectivity index (χ4v) is 4.82. The van der Waals surface area contributed by atoms with Crippen molar-refractivity contribution in [2.24, 2.45) is 0 Å². The van der Waals surface area contributed by atoms with Crippen LogP contribution in [0.3, 0.4) is 0 Å². The zero-order valence-corrected chi connectivity index (χ0v) is 20.3. The third-order valence-electron chi connectivity index (χ3n) is 5.88. The number of hydrogen-bond acceptors (Lipinski definition) is 4. The molecule has 5 nitrogen and oxygen atoms in total. The summed E-state index contributed by atoms with van der Waals surface area (Å²) in [5.41, 5.74) is 4.95. The van der Waals surface area contributed by atoms with E-state index >= 15 is 0 Å². The van der Waals surface area contributed by atoms with Gasteiger partial charge in [-0.25, -0.2) is 0 Å². The summed E-state index contributed by atoms with van der Waals surface area (Å²) >= 11 is 1.41. The number of para-hydroxylation sites is 2. The summed E-state index contributed by atoms with van der Waals surface area (Å²) in [4.78, 5) is 16.2. The molecule has 6 heteroatoms. The molecule has 1 N–H and O–H groups in total. The molecule has 0 bridgehead atoms. The lowest BCUT2D eigenvalue weighted by Gasteiger charge is -2.19. The van der Waals surface area contributed by atoms with E-state index in [1.807, 2.05) is 59.2 Å². The predicted octanol–water partition coefficient (Wildman–Crippen LogP) is 6.69. The van der Waals surface area contributed by atoms with Crippen LogP contribution in [0.1, 0.15) is 36.7 Å². The summed E-state index contributed by atoms with van der Waals surface area (Å²) in [7, 11) is 0. The van der Waals surface area contributed by atoms with Crippen LogP contribution in [0.4, 0.5) is 0 Å². The van der Waals surface area contributed by atoms with Crippen molar-refractivity contribution >= 4 is 28.4 Å². The number of fused-ring (bicyclic) bond motifs is 1. The number of ketones is 1. The molecule has 170 valence electrons. The molecule has 34 heavy (non-hydrogen) atoms. The minimum Gasteiger partial charge on any atom is -0.360 e. The summed E-state index contributed by atoms with van der Waals surface area (Å²) < 4.78 is 2.03. The number of H-pyrrole nitrogens is 1. The number of Topliss-reactive ketones (excluding diaryl/α,β-unsaturated/α-hetero) is 1. The Morgan fingerprint density at radius 3 is 2.35 bits per heavy atom. The molecule has 0 aliphatic carbocycles. The average Bonchev–Trinajstić information content (AvgIpc) is 3.47. The molecule has 0 spiro atoms. The van der Waals surface area contributed by atoms with Crippen molar-refractivity contribution in [1.29, 1.82) is 0 Å². The van der Waals surface area contributed by atoms with Crippen molar-refractivity contribution < 1.29 is 4.79 Å². The highest BCUT2D eigenvalue weighted by molar-refractivity contribution is 7.99. The molecule has 0 aliphatic rings. The van der Waals surface area contributed by atoms with Crippen molar-refractivity contribution in [2.45, 2.75) is 31.3 Å². The highest BCUT2D eigenvalue weighted by Gasteiger charge is 2.20. The third kappa shape index (κ3) is 4.29. The quantitative estimate of drug-likeness (QED) is 0.224. The number of nitrogens with one attached hydrogen (secondary N) is 1. The van der Waals surface area contributed by atoms with Crippen LogP contribution in [-0.2, 0) is 5.41 Å². The van der Waals surface area contributed by atoms with Gasteiger partial charge in [-0.1, -0.05) is 93.2 Å². The van der Waals surface area contributed by atoms with E-state index in [0.29, 0.717) is 10.7 Å². The zero-order chi connectivity index (χ0) is 23.7. The van der Waals surface area contributed by atoms with Crippen LogP contribution in [0.5, 0.6) is 0 Å². The van der Waals surface area contributed by atoms with Gasteiger partial charge < -0.3 is 4.98 Å². The molecule has 0 atom stereocenters. The molecular weight excluding hydrogens is 440 g/mol. The number of thioether (sulfide) groups is 1. The molecule has 5 rings (SSSR count). The molecular formula is C28H26N4OS. The zero-order valence-electron chi connectivity index (χ0n) is 19.4. The molecule has 0 amide bonds. The van der Waals surface area contributed by atoms with Crippen molar-refractivity contribution in [3.05, 3.63) is 96.2 Å². The van der Waals surface area contributed by atoms with Crippen LogP contribution in [-0.4, -0.2) is 31.3 Å². The van der Waals surface area contributed by atoms with Gasteiger partial charge in [-0.2, -0.15) is 0 Å². The number of benzene rings is 3. The first-order valence-electron chi connectivity index (χ1n) is 11.3. The number of rotatable bonds is 6. The van der Waals surface area contributed by atoms with Gasteiger partial charge in [-0.3, -0.25) is 9.36 Å². The largest absolute Gasteiger partial charge is 0.360 e. The lowest BCUT2D eigenvalue weighted by atomic mass is 9.87. The van der Waals surface area contributed by atoms with Gasteiger partial charge in [0.05, 0.1) is 5.75 Å². The predicted molar refractivity (Wildman–Crippen MR) is 139 cm³/mol. The molecule has 0 aliphatic heterocycles. The van der Waals surface area contributed by atoms with E-state index in [9.17, 15) is 4.79 Å². The number of carbonyl (C=O) groups is 1. The first-order valence-corrected chi connectivity index (χ1v) is 12.2. The van der Waals surface area contributed by atoms with Crippen LogP contribution in [0.15, 0.2) is 90.2 Å². The van der Waals surface area contributed by atoms with E-state index < -0.39 is 0 Å². The van der Waals surface area contributed by atoms with E-state index in [0.717, 1.165) is 28.0 Å². The molecule has 0 radical (unpaired) electrons. The van der Waals surface area contributed by atoms with Crippen molar-refractivity contribution in [3.8, 4) is 17.1 Å². The maximum atomic E-state index is 13.1. The monoisotopic (exact) mass is 466 g/mol. The van der Waals surface area contributed by atoms with Gasteiger partial charge in [-0.05, 0) is 29.2 Å². The lowest BCUT2D eigenvalue weighted by Crippen LogP contribution is -2.10. The maximum absolute atomic E-state index is 13.1. The Morgan fingerprint density at radius 1 is 0.912 bits per heavy atom. The molecule has 0 unspecified atom stereocenters. The van der Waals surface area contributed by atoms with Crippen LogP contribution in [0.25, 0.3) is 28.0 Å². The summed E-state index contributed by atoms with van der Waals surface area (Å²) in [6.45, 7) is 6.61. The Bertz CT molecular complexity index is 1440. The Balaban J connectivity index is 1.47. The number of aromatic nitrogens is 4. The Morgan fingerprint density at radius 2 is 1.62 bits per heavy atom. The molecule has 2 aromatic heterocycles. The molecule has 5 aromatic rings. The smallest absolute Gasteiger partial charge is 0.196 e. The molecule has 0 saturated carbocycles. The normalized spacial score (nSPS) is 11.7. The molecule has 0 saturated heterocycles. The minimum atomic E-state index is 0.0566. The first kappa shape index (κ1) is 22.2. The van der Waals surface area contributed by atoms with Gasteiger partial charge in [0.15, 0.2) is 16.8 Å². The maximum Gasteiger partial charge on any atom is 0.196 e. The second kappa shape index (κ2) is 8.95. The number of aromatic amines is 1.